The van der Waals surface area contributed by atoms with Gasteiger partial charge in [-0.05, 0) is 18.9 Å². The molecule has 0 atom stereocenters. The first-order chi connectivity index (χ1) is 9.88. The van der Waals surface area contributed by atoms with Crippen LogP contribution in [0.3, 0.4) is 0 Å². The number of amides is 1. The van der Waals surface area contributed by atoms with Crippen molar-refractivity contribution in [1.29, 1.82) is 0 Å². The van der Waals surface area contributed by atoms with Crippen LogP contribution in [0.4, 0.5) is 14.5 Å². The van der Waals surface area contributed by atoms with Gasteiger partial charge in [-0.1, -0.05) is 0 Å². The van der Waals surface area contributed by atoms with Gasteiger partial charge in [0.25, 0.3) is 5.91 Å². The highest BCUT2D eigenvalue weighted by Crippen LogP contribution is 2.21. The van der Waals surface area contributed by atoms with Gasteiger partial charge in [0, 0.05) is 28.3 Å². The molecular formula is C12H12F2N2O4S. The zero-order chi connectivity index (χ0) is 15.6. The van der Waals surface area contributed by atoms with Crippen LogP contribution in [0.5, 0.6) is 0 Å². The SMILES string of the molecule is O=C(NC1CCS(=O)CC1)c1cc(F)c([N+](=O)[O-])cc1F. The maximum atomic E-state index is 13.7. The van der Waals surface area contributed by atoms with E-state index in [9.17, 15) is 27.9 Å². The minimum absolute atomic E-state index is 0.257. The van der Waals surface area contributed by atoms with E-state index in [1.165, 1.54) is 0 Å². The van der Waals surface area contributed by atoms with Gasteiger partial charge >= 0.3 is 5.69 Å². The predicted octanol–water partition coefficient (Wildman–Crippen LogP) is 1.51. The van der Waals surface area contributed by atoms with Gasteiger partial charge in [-0.25, -0.2) is 4.39 Å². The standard InChI is InChI=1S/C12H12F2N2O4S/c13-9-6-11(16(18)19)10(14)5-8(9)12(17)15-7-1-3-21(20)4-2-7/h5-7H,1-4H2,(H,15,17). The van der Waals surface area contributed by atoms with E-state index in [1.54, 1.807) is 0 Å². The zero-order valence-electron chi connectivity index (χ0n) is 10.8. The van der Waals surface area contributed by atoms with E-state index in [0.29, 0.717) is 36.5 Å². The number of benzene rings is 1. The monoisotopic (exact) mass is 318 g/mol. The van der Waals surface area contributed by atoms with Crippen LogP contribution in [-0.4, -0.2) is 32.6 Å². The maximum Gasteiger partial charge on any atom is 0.307 e. The second-order valence-corrected chi connectivity index (χ2v) is 6.33. The Kier molecular flexibility index (Phi) is 4.61. The number of halogens is 2. The van der Waals surface area contributed by atoms with E-state index in [0.717, 1.165) is 0 Å². The highest BCUT2D eigenvalue weighted by molar-refractivity contribution is 7.85. The molecule has 2 rings (SSSR count). The molecule has 0 saturated carbocycles. The molecule has 1 aromatic carbocycles. The molecule has 9 heteroatoms. The van der Waals surface area contributed by atoms with Gasteiger partial charge in [-0.3, -0.25) is 19.1 Å². The second-order valence-electron chi connectivity index (χ2n) is 4.64. The van der Waals surface area contributed by atoms with E-state index in [1.807, 2.05) is 0 Å². The molecule has 0 aromatic heterocycles. The normalized spacial score (nSPS) is 21.8. The number of nitro benzene ring substituents is 1. The maximum absolute atomic E-state index is 13.7. The van der Waals surface area contributed by atoms with Crippen molar-refractivity contribution < 1.29 is 22.7 Å². The number of nitro groups is 1. The Hall–Kier alpha value is -1.90. The quantitative estimate of drug-likeness (QED) is 0.676. The van der Waals surface area contributed by atoms with Crippen molar-refractivity contribution in [1.82, 2.24) is 5.32 Å². The van der Waals surface area contributed by atoms with Gasteiger partial charge in [0.1, 0.15) is 5.82 Å². The molecule has 0 spiro atoms. The number of hydrogen-bond acceptors (Lipinski definition) is 4. The Bertz CT molecular complexity index is 614. The minimum atomic E-state index is -1.27. The van der Waals surface area contributed by atoms with Gasteiger partial charge in [-0.2, -0.15) is 4.39 Å². The molecule has 6 nitrogen and oxygen atoms in total. The average Bonchev–Trinajstić information content (AvgIpc) is 2.43. The van der Waals surface area contributed by atoms with Gasteiger partial charge in [0.05, 0.1) is 16.6 Å². The van der Waals surface area contributed by atoms with Crippen LogP contribution in [0.1, 0.15) is 23.2 Å². The summed E-state index contributed by atoms with van der Waals surface area (Å²) >= 11 is 0. The van der Waals surface area contributed by atoms with Crippen LogP contribution in [-0.2, 0) is 10.8 Å². The summed E-state index contributed by atoms with van der Waals surface area (Å²) < 4.78 is 38.3. The van der Waals surface area contributed by atoms with Crippen molar-refractivity contribution >= 4 is 22.4 Å². The number of carbonyl (C=O) groups excluding carboxylic acids is 1. The summed E-state index contributed by atoms with van der Waals surface area (Å²) in [6.07, 6.45) is 0.991. The van der Waals surface area contributed by atoms with Crippen molar-refractivity contribution in [2.45, 2.75) is 18.9 Å². The van der Waals surface area contributed by atoms with Gasteiger partial charge < -0.3 is 5.32 Å². The van der Waals surface area contributed by atoms with Crippen LogP contribution in [0.2, 0.25) is 0 Å². The van der Waals surface area contributed by atoms with E-state index >= 15 is 0 Å². The summed E-state index contributed by atoms with van der Waals surface area (Å²) in [5.74, 6) is -2.36. The van der Waals surface area contributed by atoms with E-state index in [4.69, 9.17) is 0 Å². The smallest absolute Gasteiger partial charge is 0.307 e. The lowest BCUT2D eigenvalue weighted by Crippen LogP contribution is -2.39. The van der Waals surface area contributed by atoms with Crippen LogP contribution < -0.4 is 5.32 Å². The Labute approximate surface area is 121 Å². The first-order valence-corrected chi connectivity index (χ1v) is 7.66. The third-order valence-electron chi connectivity index (χ3n) is 3.20. The Morgan fingerprint density at radius 1 is 1.29 bits per heavy atom. The number of rotatable bonds is 3. The molecule has 1 heterocycles. The fourth-order valence-corrected chi connectivity index (χ4v) is 3.35. The Morgan fingerprint density at radius 3 is 2.48 bits per heavy atom. The molecule has 0 aliphatic carbocycles. The molecule has 114 valence electrons. The zero-order valence-corrected chi connectivity index (χ0v) is 11.6. The van der Waals surface area contributed by atoms with Crippen molar-refractivity contribution in [2.24, 2.45) is 0 Å². The largest absolute Gasteiger partial charge is 0.349 e. The molecule has 1 aliphatic rings. The molecule has 1 aromatic rings. The van der Waals surface area contributed by atoms with Crippen molar-refractivity contribution in [3.63, 3.8) is 0 Å². The van der Waals surface area contributed by atoms with E-state index < -0.39 is 44.5 Å². The highest BCUT2D eigenvalue weighted by atomic mass is 32.2. The van der Waals surface area contributed by atoms with E-state index in [2.05, 4.69) is 5.32 Å². The fourth-order valence-electron chi connectivity index (χ4n) is 2.05. The van der Waals surface area contributed by atoms with Crippen LogP contribution in [0.25, 0.3) is 0 Å². The Balaban J connectivity index is 2.14. The molecule has 1 aliphatic heterocycles. The molecule has 0 unspecified atom stereocenters. The number of carbonyl (C=O) groups is 1. The van der Waals surface area contributed by atoms with Crippen molar-refractivity contribution in [3.8, 4) is 0 Å². The number of hydrogen-bond donors (Lipinski definition) is 1. The lowest BCUT2D eigenvalue weighted by Gasteiger charge is -2.22. The molecule has 1 N–H and O–H groups in total. The summed E-state index contributed by atoms with van der Waals surface area (Å²) in [6, 6.07) is 0.650. The van der Waals surface area contributed by atoms with E-state index in [-0.39, 0.29) is 6.04 Å². The van der Waals surface area contributed by atoms with Crippen LogP contribution >= 0.6 is 0 Å². The summed E-state index contributed by atoms with van der Waals surface area (Å²) in [6.45, 7) is 0. The average molecular weight is 318 g/mol. The third-order valence-corrected chi connectivity index (χ3v) is 4.58. The predicted molar refractivity (Wildman–Crippen MR) is 71.4 cm³/mol. The lowest BCUT2D eigenvalue weighted by molar-refractivity contribution is -0.387. The topological polar surface area (TPSA) is 89.3 Å². The first kappa shape index (κ1) is 15.5. The highest BCUT2D eigenvalue weighted by Gasteiger charge is 2.25. The molecule has 1 amide bonds. The summed E-state index contributed by atoms with van der Waals surface area (Å²) in [7, 11) is -0.897. The number of nitrogens with zero attached hydrogens (tertiary/aromatic N) is 1. The fraction of sp³-hybridized carbons (Fsp3) is 0.417. The minimum Gasteiger partial charge on any atom is -0.349 e. The molecule has 1 saturated heterocycles. The lowest BCUT2D eigenvalue weighted by atomic mass is 10.1. The van der Waals surface area contributed by atoms with Crippen LogP contribution in [0, 0.1) is 21.7 Å². The summed E-state index contributed by atoms with van der Waals surface area (Å²) in [5, 5.41) is 13.0. The third kappa shape index (κ3) is 3.60. The molecule has 21 heavy (non-hydrogen) atoms. The first-order valence-electron chi connectivity index (χ1n) is 6.17. The number of nitrogens with one attached hydrogen (secondary N) is 1. The molecular weight excluding hydrogens is 306 g/mol. The molecule has 0 radical (unpaired) electrons. The Morgan fingerprint density at radius 2 is 1.90 bits per heavy atom. The van der Waals surface area contributed by atoms with Crippen molar-refractivity contribution in [3.05, 3.63) is 39.4 Å². The molecule has 0 bridgehead atoms. The molecule has 1 fully saturated rings. The van der Waals surface area contributed by atoms with Gasteiger partial charge in [-0.15, -0.1) is 0 Å². The van der Waals surface area contributed by atoms with Crippen molar-refractivity contribution in [2.75, 3.05) is 11.5 Å². The van der Waals surface area contributed by atoms with Gasteiger partial charge in [0.2, 0.25) is 5.82 Å². The van der Waals surface area contributed by atoms with Crippen LogP contribution in [0.15, 0.2) is 12.1 Å². The van der Waals surface area contributed by atoms with Gasteiger partial charge in [0.15, 0.2) is 0 Å². The second kappa shape index (κ2) is 6.25. The summed E-state index contributed by atoms with van der Waals surface area (Å²) in [4.78, 5) is 21.3. The summed E-state index contributed by atoms with van der Waals surface area (Å²) in [5.41, 5.74) is -1.60.